The Labute approximate surface area is 108 Å². The maximum absolute atomic E-state index is 11.8. The van der Waals surface area contributed by atoms with Crippen LogP contribution in [0.4, 0.5) is 5.69 Å². The molecule has 0 bridgehead atoms. The van der Waals surface area contributed by atoms with Gasteiger partial charge in [0.2, 0.25) is 0 Å². The molecule has 0 aliphatic heterocycles. The SMILES string of the molecule is Cc1[nH]nc(C(=O)NCCCC2CCCC2)c1N. The maximum Gasteiger partial charge on any atom is 0.273 e. The van der Waals surface area contributed by atoms with Crippen LogP contribution in [0, 0.1) is 12.8 Å². The van der Waals surface area contributed by atoms with Gasteiger partial charge in [-0.2, -0.15) is 5.10 Å². The summed E-state index contributed by atoms with van der Waals surface area (Å²) in [5.74, 6) is 0.697. The number of amides is 1. The third kappa shape index (κ3) is 3.03. The van der Waals surface area contributed by atoms with Gasteiger partial charge in [0, 0.05) is 6.54 Å². The van der Waals surface area contributed by atoms with Crippen molar-refractivity contribution in [2.45, 2.75) is 45.4 Å². The molecule has 2 rings (SSSR count). The fourth-order valence-corrected chi connectivity index (χ4v) is 2.59. The third-order valence-corrected chi connectivity index (χ3v) is 3.76. The van der Waals surface area contributed by atoms with E-state index in [1.54, 1.807) is 6.92 Å². The minimum atomic E-state index is -0.178. The highest BCUT2D eigenvalue weighted by Crippen LogP contribution is 2.28. The summed E-state index contributed by atoms with van der Waals surface area (Å²) in [5, 5.41) is 9.50. The van der Waals surface area contributed by atoms with Crippen molar-refractivity contribution in [1.29, 1.82) is 0 Å². The van der Waals surface area contributed by atoms with Crippen LogP contribution in [-0.2, 0) is 0 Å². The molecule has 0 unspecified atom stereocenters. The second-order valence-electron chi connectivity index (χ2n) is 5.16. The number of aromatic nitrogens is 2. The van der Waals surface area contributed by atoms with Gasteiger partial charge in [0.05, 0.1) is 11.4 Å². The molecule has 1 amide bonds. The van der Waals surface area contributed by atoms with Crippen LogP contribution in [0.15, 0.2) is 0 Å². The van der Waals surface area contributed by atoms with E-state index in [2.05, 4.69) is 15.5 Å². The minimum absolute atomic E-state index is 0.178. The highest BCUT2D eigenvalue weighted by molar-refractivity contribution is 5.97. The number of carbonyl (C=O) groups excluding carboxylic acids is 1. The highest BCUT2D eigenvalue weighted by Gasteiger charge is 2.16. The van der Waals surface area contributed by atoms with Crippen LogP contribution in [-0.4, -0.2) is 22.6 Å². The Morgan fingerprint density at radius 1 is 1.50 bits per heavy atom. The van der Waals surface area contributed by atoms with Crippen molar-refractivity contribution in [2.24, 2.45) is 5.92 Å². The summed E-state index contributed by atoms with van der Waals surface area (Å²) in [6, 6.07) is 0. The lowest BCUT2D eigenvalue weighted by atomic mass is 10.0. The molecule has 5 nitrogen and oxygen atoms in total. The number of nitrogens with zero attached hydrogens (tertiary/aromatic N) is 1. The molecule has 18 heavy (non-hydrogen) atoms. The maximum atomic E-state index is 11.8. The van der Waals surface area contributed by atoms with Crippen LogP contribution in [0.25, 0.3) is 0 Å². The van der Waals surface area contributed by atoms with E-state index in [4.69, 9.17) is 5.73 Å². The van der Waals surface area contributed by atoms with E-state index >= 15 is 0 Å². The molecule has 1 saturated carbocycles. The molecule has 0 aromatic carbocycles. The Hall–Kier alpha value is -1.52. The molecule has 0 spiro atoms. The average molecular weight is 250 g/mol. The van der Waals surface area contributed by atoms with E-state index in [1.165, 1.54) is 32.1 Å². The second-order valence-corrected chi connectivity index (χ2v) is 5.16. The molecule has 1 fully saturated rings. The van der Waals surface area contributed by atoms with Gasteiger partial charge in [-0.05, 0) is 25.7 Å². The molecular weight excluding hydrogens is 228 g/mol. The molecule has 4 N–H and O–H groups in total. The van der Waals surface area contributed by atoms with Crippen LogP contribution in [0.1, 0.15) is 54.7 Å². The number of H-pyrrole nitrogens is 1. The summed E-state index contributed by atoms with van der Waals surface area (Å²) in [6.45, 7) is 2.51. The number of aryl methyl sites for hydroxylation is 1. The first-order valence-corrected chi connectivity index (χ1v) is 6.77. The summed E-state index contributed by atoms with van der Waals surface area (Å²) in [6.07, 6.45) is 7.73. The van der Waals surface area contributed by atoms with Gasteiger partial charge >= 0.3 is 0 Å². The van der Waals surface area contributed by atoms with Crippen LogP contribution < -0.4 is 11.1 Å². The second kappa shape index (κ2) is 5.89. The fourth-order valence-electron chi connectivity index (χ4n) is 2.59. The van der Waals surface area contributed by atoms with E-state index in [1.807, 2.05) is 0 Å². The highest BCUT2D eigenvalue weighted by atomic mass is 16.1. The number of rotatable bonds is 5. The van der Waals surface area contributed by atoms with Crippen molar-refractivity contribution in [1.82, 2.24) is 15.5 Å². The molecule has 1 aromatic heterocycles. The lowest BCUT2D eigenvalue weighted by Crippen LogP contribution is -2.25. The zero-order valence-electron chi connectivity index (χ0n) is 11.0. The minimum Gasteiger partial charge on any atom is -0.395 e. The predicted molar refractivity (Wildman–Crippen MR) is 71.3 cm³/mol. The zero-order valence-corrected chi connectivity index (χ0v) is 11.0. The van der Waals surface area contributed by atoms with Gasteiger partial charge in [-0.1, -0.05) is 25.7 Å². The van der Waals surface area contributed by atoms with E-state index in [-0.39, 0.29) is 5.91 Å². The summed E-state index contributed by atoms with van der Waals surface area (Å²) in [4.78, 5) is 11.8. The number of nitrogens with one attached hydrogen (secondary N) is 2. The standard InChI is InChI=1S/C13H22N4O/c1-9-11(14)12(17-16-9)13(18)15-8-4-7-10-5-2-3-6-10/h10H,2-8,14H2,1H3,(H,15,18)(H,16,17). The number of nitrogens with two attached hydrogens (primary N) is 1. The normalized spacial score (nSPS) is 16.1. The van der Waals surface area contributed by atoms with Gasteiger partial charge < -0.3 is 11.1 Å². The largest absolute Gasteiger partial charge is 0.395 e. The Balaban J connectivity index is 1.70. The molecule has 5 heteroatoms. The fraction of sp³-hybridized carbons (Fsp3) is 0.692. The molecule has 1 aromatic rings. The molecule has 100 valence electrons. The smallest absolute Gasteiger partial charge is 0.273 e. The van der Waals surface area contributed by atoms with E-state index < -0.39 is 0 Å². The number of carbonyl (C=O) groups is 1. The molecule has 0 saturated heterocycles. The van der Waals surface area contributed by atoms with Gasteiger partial charge in [-0.15, -0.1) is 0 Å². The van der Waals surface area contributed by atoms with E-state index in [0.29, 0.717) is 17.9 Å². The summed E-state index contributed by atoms with van der Waals surface area (Å²) < 4.78 is 0. The van der Waals surface area contributed by atoms with Crippen molar-refractivity contribution < 1.29 is 4.79 Å². The predicted octanol–water partition coefficient (Wildman–Crippen LogP) is 2.00. The molecular formula is C13H22N4O. The Morgan fingerprint density at radius 3 is 2.83 bits per heavy atom. The number of anilines is 1. The number of nitrogen functional groups attached to an aromatic ring is 1. The van der Waals surface area contributed by atoms with Crippen molar-refractivity contribution in [3.8, 4) is 0 Å². The van der Waals surface area contributed by atoms with Gasteiger partial charge in [0.15, 0.2) is 5.69 Å². The Bertz CT molecular complexity index is 407. The van der Waals surface area contributed by atoms with Crippen molar-refractivity contribution in [2.75, 3.05) is 12.3 Å². The van der Waals surface area contributed by atoms with E-state index in [0.717, 1.165) is 18.0 Å². The van der Waals surface area contributed by atoms with Crippen LogP contribution >= 0.6 is 0 Å². The van der Waals surface area contributed by atoms with Crippen LogP contribution in [0.3, 0.4) is 0 Å². The van der Waals surface area contributed by atoms with Gasteiger partial charge in [-0.3, -0.25) is 9.89 Å². The lowest BCUT2D eigenvalue weighted by Gasteiger charge is -2.08. The van der Waals surface area contributed by atoms with Crippen LogP contribution in [0.5, 0.6) is 0 Å². The Kier molecular flexibility index (Phi) is 4.23. The summed E-state index contributed by atoms with van der Waals surface area (Å²) in [5.41, 5.74) is 7.26. The lowest BCUT2D eigenvalue weighted by molar-refractivity contribution is 0.0948. The van der Waals surface area contributed by atoms with Gasteiger partial charge in [-0.25, -0.2) is 0 Å². The van der Waals surface area contributed by atoms with E-state index in [9.17, 15) is 4.79 Å². The number of aromatic amines is 1. The van der Waals surface area contributed by atoms with Gasteiger partial charge in [0.25, 0.3) is 5.91 Å². The zero-order chi connectivity index (χ0) is 13.0. The Morgan fingerprint density at radius 2 is 2.22 bits per heavy atom. The summed E-state index contributed by atoms with van der Waals surface area (Å²) in [7, 11) is 0. The third-order valence-electron chi connectivity index (χ3n) is 3.76. The molecule has 0 atom stereocenters. The molecule has 0 radical (unpaired) electrons. The monoisotopic (exact) mass is 250 g/mol. The van der Waals surface area contributed by atoms with Crippen molar-refractivity contribution in [3.05, 3.63) is 11.4 Å². The van der Waals surface area contributed by atoms with Crippen molar-refractivity contribution in [3.63, 3.8) is 0 Å². The number of hydrogen-bond acceptors (Lipinski definition) is 3. The molecule has 1 aliphatic carbocycles. The topological polar surface area (TPSA) is 83.8 Å². The quantitative estimate of drug-likeness (QED) is 0.699. The van der Waals surface area contributed by atoms with Gasteiger partial charge in [0.1, 0.15) is 0 Å². The van der Waals surface area contributed by atoms with Crippen molar-refractivity contribution >= 4 is 11.6 Å². The number of hydrogen-bond donors (Lipinski definition) is 3. The first kappa shape index (κ1) is 12.9. The first-order valence-electron chi connectivity index (χ1n) is 6.77. The summed E-state index contributed by atoms with van der Waals surface area (Å²) >= 11 is 0. The molecule has 1 aliphatic rings. The molecule has 1 heterocycles. The average Bonchev–Trinajstić information content (AvgIpc) is 2.97. The van der Waals surface area contributed by atoms with Crippen LogP contribution in [0.2, 0.25) is 0 Å². The first-order chi connectivity index (χ1) is 8.68.